The van der Waals surface area contributed by atoms with Crippen LogP contribution in [0.4, 0.5) is 4.39 Å². The van der Waals surface area contributed by atoms with Crippen LogP contribution in [0.25, 0.3) is 0 Å². The van der Waals surface area contributed by atoms with Gasteiger partial charge in [0.15, 0.2) is 12.0 Å². The van der Waals surface area contributed by atoms with Crippen LogP contribution >= 0.6 is 0 Å². The van der Waals surface area contributed by atoms with Crippen LogP contribution in [0.3, 0.4) is 0 Å². The molecule has 1 aromatic carbocycles. The predicted octanol–water partition coefficient (Wildman–Crippen LogP) is 3.99. The number of hydrogen-bond acceptors (Lipinski definition) is 2. The number of nitrogens with zero attached hydrogens (tertiary/aromatic N) is 2. The molecule has 0 aliphatic carbocycles. The summed E-state index contributed by atoms with van der Waals surface area (Å²) < 4.78 is 14.1. The molecule has 0 saturated heterocycles. The van der Waals surface area contributed by atoms with Crippen LogP contribution in [-0.2, 0) is 12.8 Å². The fourth-order valence-electron chi connectivity index (χ4n) is 1.99. The van der Waals surface area contributed by atoms with Gasteiger partial charge in [0, 0.05) is 18.8 Å². The van der Waals surface area contributed by atoms with Crippen LogP contribution in [0, 0.1) is 6.92 Å². The highest BCUT2D eigenvalue weighted by Gasteiger charge is 2.13. The number of benzene rings is 1. The van der Waals surface area contributed by atoms with Crippen molar-refractivity contribution in [2.45, 2.75) is 39.3 Å². The van der Waals surface area contributed by atoms with Crippen molar-refractivity contribution in [3.63, 3.8) is 0 Å². The summed E-state index contributed by atoms with van der Waals surface area (Å²) in [6.45, 7) is 4.05. The van der Waals surface area contributed by atoms with Gasteiger partial charge in [0.2, 0.25) is 0 Å². The van der Waals surface area contributed by atoms with E-state index >= 15 is 0 Å². The summed E-state index contributed by atoms with van der Waals surface area (Å²) in [5.41, 5.74) is 3.23. The molecule has 0 fully saturated rings. The zero-order valence-corrected chi connectivity index (χ0v) is 11.4. The third kappa shape index (κ3) is 3.85. The van der Waals surface area contributed by atoms with E-state index in [0.717, 1.165) is 24.0 Å². The molecule has 19 heavy (non-hydrogen) atoms. The van der Waals surface area contributed by atoms with Gasteiger partial charge in [-0.2, -0.15) is 0 Å². The molecule has 0 saturated carbocycles. The van der Waals surface area contributed by atoms with E-state index in [-0.39, 0.29) is 5.82 Å². The van der Waals surface area contributed by atoms with Crippen molar-refractivity contribution in [3.8, 4) is 0 Å². The van der Waals surface area contributed by atoms with Crippen molar-refractivity contribution >= 4 is 0 Å². The summed E-state index contributed by atoms with van der Waals surface area (Å²) in [5.74, 6) is 0.267. The highest BCUT2D eigenvalue weighted by molar-refractivity contribution is 5.23. The lowest BCUT2D eigenvalue weighted by Gasteiger charge is -2.08. The molecule has 1 aromatic heterocycles. The molecule has 100 valence electrons. The second kappa shape index (κ2) is 6.41. The molecule has 3 heteroatoms. The van der Waals surface area contributed by atoms with Gasteiger partial charge in [0.1, 0.15) is 0 Å². The molecule has 1 heterocycles. The lowest BCUT2D eigenvalue weighted by Crippen LogP contribution is -2.03. The molecule has 1 atom stereocenters. The highest BCUT2D eigenvalue weighted by Crippen LogP contribution is 2.19. The van der Waals surface area contributed by atoms with E-state index in [0.29, 0.717) is 6.42 Å². The molecule has 0 aliphatic rings. The normalized spacial score (nSPS) is 12.4. The van der Waals surface area contributed by atoms with Crippen LogP contribution < -0.4 is 0 Å². The molecule has 2 rings (SSSR count). The Morgan fingerprint density at radius 2 is 1.63 bits per heavy atom. The van der Waals surface area contributed by atoms with Gasteiger partial charge >= 0.3 is 0 Å². The van der Waals surface area contributed by atoms with Gasteiger partial charge in [-0.25, -0.2) is 14.4 Å². The van der Waals surface area contributed by atoms with Crippen molar-refractivity contribution in [3.05, 3.63) is 59.2 Å². The van der Waals surface area contributed by atoms with Crippen molar-refractivity contribution in [1.82, 2.24) is 9.97 Å². The van der Waals surface area contributed by atoms with Gasteiger partial charge in [0.05, 0.1) is 0 Å². The number of hydrogen-bond donors (Lipinski definition) is 0. The summed E-state index contributed by atoms with van der Waals surface area (Å²) in [6.07, 6.45) is 4.69. The van der Waals surface area contributed by atoms with Crippen molar-refractivity contribution in [2.24, 2.45) is 0 Å². The van der Waals surface area contributed by atoms with Gasteiger partial charge in [0.25, 0.3) is 0 Å². The highest BCUT2D eigenvalue weighted by atomic mass is 19.1. The standard InChI is InChI=1S/C16H19FN2/c1-3-4-13-5-7-14(8-6-13)9-15(17)16-18-10-12(2)11-19-16/h5-8,10-11,15H,3-4,9H2,1-2H3. The molecule has 0 bridgehead atoms. The van der Waals surface area contributed by atoms with Crippen molar-refractivity contribution in [1.29, 1.82) is 0 Å². The zero-order chi connectivity index (χ0) is 13.7. The SMILES string of the molecule is CCCc1ccc(CC(F)c2ncc(C)cn2)cc1. The Morgan fingerprint density at radius 1 is 1.05 bits per heavy atom. The molecular formula is C16H19FN2. The van der Waals surface area contributed by atoms with E-state index < -0.39 is 6.17 Å². The first kappa shape index (κ1) is 13.7. The summed E-state index contributed by atoms with van der Waals surface area (Å²) in [5, 5.41) is 0. The molecule has 0 N–H and O–H groups in total. The molecule has 0 spiro atoms. The maximum absolute atomic E-state index is 14.1. The largest absolute Gasteiger partial charge is 0.238 e. The summed E-state index contributed by atoms with van der Waals surface area (Å²) in [4.78, 5) is 8.07. The first-order valence-corrected chi connectivity index (χ1v) is 6.69. The molecule has 2 aromatic rings. The number of halogens is 1. The lowest BCUT2D eigenvalue weighted by atomic mass is 10.0. The fourth-order valence-corrected chi connectivity index (χ4v) is 1.99. The third-order valence-corrected chi connectivity index (χ3v) is 3.06. The fraction of sp³-hybridized carbons (Fsp3) is 0.375. The van der Waals surface area contributed by atoms with Gasteiger partial charge in [-0.05, 0) is 30.0 Å². The van der Waals surface area contributed by atoms with E-state index in [4.69, 9.17) is 0 Å². The van der Waals surface area contributed by atoms with Crippen LogP contribution in [0.5, 0.6) is 0 Å². The summed E-state index contributed by atoms with van der Waals surface area (Å²) in [7, 11) is 0. The van der Waals surface area contributed by atoms with Crippen molar-refractivity contribution in [2.75, 3.05) is 0 Å². The minimum atomic E-state index is -1.14. The van der Waals surface area contributed by atoms with E-state index in [9.17, 15) is 4.39 Å². The van der Waals surface area contributed by atoms with Gasteiger partial charge in [-0.3, -0.25) is 0 Å². The average molecular weight is 258 g/mol. The molecule has 0 amide bonds. The van der Waals surface area contributed by atoms with E-state index in [1.807, 2.05) is 19.1 Å². The third-order valence-electron chi connectivity index (χ3n) is 3.06. The average Bonchev–Trinajstić information content (AvgIpc) is 2.42. The quantitative estimate of drug-likeness (QED) is 0.810. The van der Waals surface area contributed by atoms with Gasteiger partial charge in [-0.15, -0.1) is 0 Å². The molecular weight excluding hydrogens is 239 g/mol. The molecule has 1 unspecified atom stereocenters. The van der Waals surface area contributed by atoms with E-state index in [1.165, 1.54) is 5.56 Å². The first-order chi connectivity index (χ1) is 9.19. The Labute approximate surface area is 113 Å². The summed E-state index contributed by atoms with van der Waals surface area (Å²) in [6, 6.07) is 8.13. The van der Waals surface area contributed by atoms with Crippen LogP contribution in [0.2, 0.25) is 0 Å². The van der Waals surface area contributed by atoms with E-state index in [2.05, 4.69) is 29.0 Å². The Bertz CT molecular complexity index is 505. The number of rotatable bonds is 5. The molecule has 0 radical (unpaired) electrons. The minimum absolute atomic E-state index is 0.267. The van der Waals surface area contributed by atoms with E-state index in [1.54, 1.807) is 12.4 Å². The van der Waals surface area contributed by atoms with Crippen molar-refractivity contribution < 1.29 is 4.39 Å². The lowest BCUT2D eigenvalue weighted by molar-refractivity contribution is 0.325. The number of aryl methyl sites for hydroxylation is 2. The second-order valence-electron chi connectivity index (χ2n) is 4.86. The Morgan fingerprint density at radius 3 is 2.21 bits per heavy atom. The number of aromatic nitrogens is 2. The monoisotopic (exact) mass is 258 g/mol. The zero-order valence-electron chi connectivity index (χ0n) is 11.4. The minimum Gasteiger partial charge on any atom is -0.238 e. The molecule has 2 nitrogen and oxygen atoms in total. The number of alkyl halides is 1. The Hall–Kier alpha value is -1.77. The maximum Gasteiger partial charge on any atom is 0.163 e. The molecule has 0 aliphatic heterocycles. The van der Waals surface area contributed by atoms with Crippen LogP contribution in [0.15, 0.2) is 36.7 Å². The first-order valence-electron chi connectivity index (χ1n) is 6.69. The van der Waals surface area contributed by atoms with Crippen LogP contribution in [-0.4, -0.2) is 9.97 Å². The summed E-state index contributed by atoms with van der Waals surface area (Å²) >= 11 is 0. The van der Waals surface area contributed by atoms with Gasteiger partial charge < -0.3 is 0 Å². The topological polar surface area (TPSA) is 25.8 Å². The van der Waals surface area contributed by atoms with Gasteiger partial charge in [-0.1, -0.05) is 37.6 Å². The smallest absolute Gasteiger partial charge is 0.163 e. The maximum atomic E-state index is 14.1. The Kier molecular flexibility index (Phi) is 4.61. The van der Waals surface area contributed by atoms with Crippen LogP contribution in [0.1, 0.15) is 42.0 Å². The Balaban J connectivity index is 2.01. The predicted molar refractivity (Wildman–Crippen MR) is 74.8 cm³/mol. The second-order valence-corrected chi connectivity index (χ2v) is 4.86.